The Labute approximate surface area is 217 Å². The first-order valence-electron chi connectivity index (χ1n) is 13.8. The van der Waals surface area contributed by atoms with Crippen LogP contribution >= 0.6 is 0 Å². The van der Waals surface area contributed by atoms with E-state index < -0.39 is 17.3 Å². The Morgan fingerprint density at radius 1 is 1.08 bits per heavy atom. The third kappa shape index (κ3) is 3.35. The number of amides is 2. The molecule has 0 unspecified atom stereocenters. The number of alkyl halides is 3. The summed E-state index contributed by atoms with van der Waals surface area (Å²) in [6.45, 7) is 3.73. The van der Waals surface area contributed by atoms with Gasteiger partial charge in [0.1, 0.15) is 5.82 Å². The van der Waals surface area contributed by atoms with E-state index in [0.717, 1.165) is 76.0 Å². The molecule has 2 bridgehead atoms. The van der Waals surface area contributed by atoms with E-state index in [1.807, 2.05) is 9.80 Å². The van der Waals surface area contributed by atoms with Crippen molar-refractivity contribution in [1.82, 2.24) is 29.5 Å². The smallest absolute Gasteiger partial charge is 0.324 e. The predicted octanol–water partition coefficient (Wildman–Crippen LogP) is 3.96. The van der Waals surface area contributed by atoms with Gasteiger partial charge in [0, 0.05) is 62.2 Å². The number of carbonyl (C=O) groups excluding carboxylic acids is 1. The van der Waals surface area contributed by atoms with Crippen LogP contribution in [-0.4, -0.2) is 61.8 Å². The van der Waals surface area contributed by atoms with Crippen LogP contribution in [0.2, 0.25) is 0 Å². The molecule has 4 heterocycles. The number of rotatable bonds is 5. The van der Waals surface area contributed by atoms with Crippen molar-refractivity contribution in [1.29, 1.82) is 0 Å². The lowest BCUT2D eigenvalue weighted by atomic mass is 9.31. The Balaban J connectivity index is 0.793. The molecule has 11 heteroatoms. The van der Waals surface area contributed by atoms with E-state index in [0.29, 0.717) is 30.4 Å². The first-order valence-corrected chi connectivity index (χ1v) is 13.8. The van der Waals surface area contributed by atoms with E-state index in [1.54, 1.807) is 0 Å². The highest BCUT2D eigenvalue weighted by molar-refractivity contribution is 5.76. The van der Waals surface area contributed by atoms with Crippen LogP contribution in [0.1, 0.15) is 74.0 Å². The van der Waals surface area contributed by atoms with Crippen LogP contribution in [0.5, 0.6) is 0 Å². The molecule has 38 heavy (non-hydrogen) atoms. The fourth-order valence-corrected chi connectivity index (χ4v) is 8.42. The number of aromatic nitrogens is 4. The number of likely N-dealkylation sites (tertiary alicyclic amines) is 2. The van der Waals surface area contributed by atoms with Gasteiger partial charge in [0.15, 0.2) is 5.82 Å². The molecule has 9 rings (SSSR count). The van der Waals surface area contributed by atoms with Crippen LogP contribution in [0.15, 0.2) is 23.1 Å². The quantitative estimate of drug-likeness (QED) is 0.637. The maximum Gasteiger partial charge on any atom is 0.416 e. The van der Waals surface area contributed by atoms with E-state index in [4.69, 9.17) is 4.98 Å². The maximum absolute atomic E-state index is 13.0. The summed E-state index contributed by atoms with van der Waals surface area (Å²) in [6.07, 6.45) is 4.33. The van der Waals surface area contributed by atoms with Crippen LogP contribution < -0.4 is 5.56 Å². The van der Waals surface area contributed by atoms with Gasteiger partial charge in [-0.05, 0) is 67.8 Å². The van der Waals surface area contributed by atoms with Gasteiger partial charge in [0.05, 0.1) is 5.56 Å². The van der Waals surface area contributed by atoms with Crippen LogP contribution in [0.4, 0.5) is 18.0 Å². The average molecular weight is 529 g/mol. The molecule has 1 spiro atoms. The van der Waals surface area contributed by atoms with Gasteiger partial charge < -0.3 is 14.4 Å². The summed E-state index contributed by atoms with van der Waals surface area (Å²) in [5.41, 5.74) is -0.954. The number of aromatic amines is 1. The summed E-state index contributed by atoms with van der Waals surface area (Å²) in [6, 6.07) is 1.83. The van der Waals surface area contributed by atoms with E-state index in [1.165, 1.54) is 23.6 Å². The number of H-pyrrole nitrogens is 1. The molecule has 2 amide bonds. The molecule has 7 aliphatic rings. The molecule has 8 nitrogen and oxygen atoms in total. The maximum atomic E-state index is 13.0. The number of urea groups is 1. The molecular formula is C27H31F3N6O2. The summed E-state index contributed by atoms with van der Waals surface area (Å²) < 4.78 is 40.0. The minimum Gasteiger partial charge on any atom is -0.324 e. The Hall–Kier alpha value is -2.85. The molecular weight excluding hydrogens is 497 g/mol. The first-order chi connectivity index (χ1) is 18.0. The number of hydrogen-bond donors (Lipinski definition) is 1. The van der Waals surface area contributed by atoms with Crippen molar-refractivity contribution < 1.29 is 18.0 Å². The Kier molecular flexibility index (Phi) is 4.38. The van der Waals surface area contributed by atoms with Crippen molar-refractivity contribution >= 4 is 6.03 Å². The molecule has 2 aliphatic heterocycles. The zero-order valence-corrected chi connectivity index (χ0v) is 21.1. The fraction of sp³-hybridized carbons (Fsp3) is 0.704. The molecule has 2 aromatic rings. The third-order valence-corrected chi connectivity index (χ3v) is 10.6. The highest BCUT2D eigenvalue weighted by atomic mass is 19.4. The monoisotopic (exact) mass is 528 g/mol. The van der Waals surface area contributed by atoms with Gasteiger partial charge in [0.25, 0.3) is 5.56 Å². The van der Waals surface area contributed by atoms with Gasteiger partial charge in [0.2, 0.25) is 0 Å². The van der Waals surface area contributed by atoms with E-state index >= 15 is 0 Å². The van der Waals surface area contributed by atoms with Crippen molar-refractivity contribution in [3.05, 3.63) is 45.9 Å². The molecule has 202 valence electrons. The summed E-state index contributed by atoms with van der Waals surface area (Å²) in [5.74, 6) is 3.49. The van der Waals surface area contributed by atoms with Gasteiger partial charge in [-0.2, -0.15) is 18.3 Å². The van der Waals surface area contributed by atoms with Crippen LogP contribution in [0.3, 0.4) is 0 Å². The van der Waals surface area contributed by atoms with E-state index in [9.17, 15) is 22.8 Å². The normalized spacial score (nSPS) is 31.8. The molecule has 5 saturated carbocycles. The zero-order chi connectivity index (χ0) is 26.1. The number of pyridine rings is 1. The highest BCUT2D eigenvalue weighted by Gasteiger charge is 2.71. The van der Waals surface area contributed by atoms with Gasteiger partial charge in [-0.15, -0.1) is 0 Å². The second-order valence-corrected chi connectivity index (χ2v) is 13.5. The topological polar surface area (TPSA) is 87.1 Å². The number of halogens is 3. The second kappa shape index (κ2) is 7.21. The molecule has 5 aliphatic carbocycles. The third-order valence-electron chi connectivity index (χ3n) is 10.6. The minimum atomic E-state index is -4.50. The summed E-state index contributed by atoms with van der Waals surface area (Å²) >= 11 is 0. The summed E-state index contributed by atoms with van der Waals surface area (Å²) in [7, 11) is 0. The van der Waals surface area contributed by atoms with Gasteiger partial charge in [-0.25, -0.2) is 9.78 Å². The van der Waals surface area contributed by atoms with Gasteiger partial charge in [-0.1, -0.05) is 0 Å². The molecule has 0 aromatic carbocycles. The minimum absolute atomic E-state index is 0.0290. The van der Waals surface area contributed by atoms with E-state index in [2.05, 4.69) is 10.2 Å². The zero-order valence-electron chi connectivity index (χ0n) is 21.1. The van der Waals surface area contributed by atoms with Crippen molar-refractivity contribution in [2.75, 3.05) is 26.2 Å². The number of carbonyl (C=O) groups is 1. The molecule has 0 atom stereocenters. The van der Waals surface area contributed by atoms with Gasteiger partial charge in [-0.3, -0.25) is 9.89 Å². The summed E-state index contributed by atoms with van der Waals surface area (Å²) in [5, 5.41) is 7.54. The molecule has 0 radical (unpaired) electrons. The Morgan fingerprint density at radius 3 is 2.42 bits per heavy atom. The predicted molar refractivity (Wildman–Crippen MR) is 129 cm³/mol. The number of nitrogens with zero attached hydrogens (tertiary/aromatic N) is 5. The average Bonchev–Trinajstić information content (AvgIpc) is 3.46. The molecule has 1 N–H and O–H groups in total. The lowest BCUT2D eigenvalue weighted by Crippen LogP contribution is -2.74. The van der Waals surface area contributed by atoms with Crippen LogP contribution in [0, 0.1) is 22.2 Å². The number of nitrogens with one attached hydrogen (secondary N) is 1. The molecule has 2 aromatic heterocycles. The SMILES string of the molecule is O=C(N1CC(C23CC(Cn4ccc(C(F)(F)F)cc4=O)(C2)C3)C1)N1CC2(CC(c3n[nH]c(C4CC4)n3)C2)C1. The van der Waals surface area contributed by atoms with Crippen LogP contribution in [-0.2, 0) is 12.7 Å². The number of hydrogen-bond acceptors (Lipinski definition) is 4. The first kappa shape index (κ1) is 23.1. The standard InChI is InChI=1S/C27H31F3N6O2/c28-27(29,30)18-3-4-34(20(37)5-18)15-25-10-26(11-25,12-25)19-8-35(9-19)23(38)36-13-24(14-36)6-17(7-24)22-31-21(32-33-22)16-1-2-16/h3-5,16-17,19H,1-2,6-15H2,(H,31,32,33). The second-order valence-electron chi connectivity index (χ2n) is 13.5. The Morgan fingerprint density at radius 2 is 1.79 bits per heavy atom. The highest BCUT2D eigenvalue weighted by Crippen LogP contribution is 2.77. The van der Waals surface area contributed by atoms with Crippen molar-refractivity contribution in [3.8, 4) is 0 Å². The molecule has 7 fully saturated rings. The lowest BCUT2D eigenvalue weighted by Gasteiger charge is -2.76. The van der Waals surface area contributed by atoms with Crippen molar-refractivity contribution in [2.45, 2.75) is 69.5 Å². The van der Waals surface area contributed by atoms with Crippen molar-refractivity contribution in [3.63, 3.8) is 0 Å². The largest absolute Gasteiger partial charge is 0.416 e. The van der Waals surface area contributed by atoms with Gasteiger partial charge >= 0.3 is 12.2 Å². The summed E-state index contributed by atoms with van der Waals surface area (Å²) in [4.78, 5) is 33.9. The van der Waals surface area contributed by atoms with Crippen molar-refractivity contribution in [2.24, 2.45) is 22.2 Å². The Bertz CT molecular complexity index is 1350. The lowest BCUT2D eigenvalue weighted by molar-refractivity contribution is -0.261. The van der Waals surface area contributed by atoms with E-state index in [-0.39, 0.29) is 22.3 Å². The van der Waals surface area contributed by atoms with Crippen LogP contribution in [0.25, 0.3) is 0 Å². The fourth-order valence-electron chi connectivity index (χ4n) is 8.42. The molecule has 2 saturated heterocycles.